The molecule has 3 rings (SSSR count). The van der Waals surface area contributed by atoms with Crippen LogP contribution in [-0.2, 0) is 14.6 Å². The van der Waals surface area contributed by atoms with E-state index in [0.29, 0.717) is 23.1 Å². The molecule has 9 heteroatoms. The Hall–Kier alpha value is -2.00. The molecule has 0 aliphatic rings. The van der Waals surface area contributed by atoms with Crippen molar-refractivity contribution in [1.29, 1.82) is 0 Å². The van der Waals surface area contributed by atoms with Gasteiger partial charge in [-0.2, -0.15) is 0 Å². The third-order valence-corrected chi connectivity index (χ3v) is 8.06. The van der Waals surface area contributed by atoms with Gasteiger partial charge in [0.15, 0.2) is 15.0 Å². The first-order valence-electron chi connectivity index (χ1n) is 10.3. The number of likely N-dealkylation sites (N-methyl/N-ethyl adjacent to an activating group) is 1. The molecule has 0 atom stereocenters. The van der Waals surface area contributed by atoms with Crippen molar-refractivity contribution in [2.45, 2.75) is 31.6 Å². The summed E-state index contributed by atoms with van der Waals surface area (Å²) in [6.45, 7) is 5.29. The van der Waals surface area contributed by atoms with Crippen LogP contribution >= 0.6 is 23.7 Å². The summed E-state index contributed by atoms with van der Waals surface area (Å²) >= 11 is 1.51. The van der Waals surface area contributed by atoms with Crippen LogP contribution in [0, 0.1) is 13.8 Å². The number of benzene rings is 2. The quantitative estimate of drug-likeness (QED) is 0.437. The van der Waals surface area contributed by atoms with E-state index >= 15 is 0 Å². The second-order valence-corrected chi connectivity index (χ2v) is 11.1. The number of thiazole rings is 1. The molecule has 6 nitrogen and oxygen atoms in total. The zero-order valence-electron chi connectivity index (χ0n) is 18.9. The van der Waals surface area contributed by atoms with Gasteiger partial charge in [0.2, 0.25) is 5.91 Å². The van der Waals surface area contributed by atoms with E-state index < -0.39 is 9.84 Å². The number of aryl methyl sites for hydroxylation is 2. The molecule has 1 aromatic heterocycles. The number of fused-ring (bicyclic) bond motifs is 1. The number of rotatable bonds is 9. The molecular weight excluding hydrogens is 466 g/mol. The molecule has 3 aromatic rings. The first-order valence-corrected chi connectivity index (χ1v) is 12.7. The van der Waals surface area contributed by atoms with Crippen molar-refractivity contribution in [3.8, 4) is 0 Å². The Kier molecular flexibility index (Phi) is 9.21. The normalized spacial score (nSPS) is 11.5. The lowest BCUT2D eigenvalue weighted by molar-refractivity contribution is -0.118. The summed E-state index contributed by atoms with van der Waals surface area (Å²) < 4.78 is 26.1. The number of amides is 1. The first-order chi connectivity index (χ1) is 14.7. The van der Waals surface area contributed by atoms with Crippen LogP contribution in [0.5, 0.6) is 0 Å². The molecule has 2 aromatic carbocycles. The molecule has 0 saturated heterocycles. The summed E-state index contributed by atoms with van der Waals surface area (Å²) in [5.74, 6) is -0.152. The molecule has 0 N–H and O–H groups in total. The minimum atomic E-state index is -3.39. The predicted molar refractivity (Wildman–Crippen MR) is 135 cm³/mol. The topological polar surface area (TPSA) is 70.6 Å². The van der Waals surface area contributed by atoms with E-state index in [0.717, 1.165) is 21.3 Å². The molecule has 174 valence electrons. The maximum atomic E-state index is 13.1. The molecule has 0 aliphatic carbocycles. The highest BCUT2D eigenvalue weighted by atomic mass is 35.5. The van der Waals surface area contributed by atoms with Crippen LogP contribution in [0.15, 0.2) is 47.4 Å². The van der Waals surface area contributed by atoms with Crippen molar-refractivity contribution in [1.82, 2.24) is 9.88 Å². The van der Waals surface area contributed by atoms with Gasteiger partial charge in [0.05, 0.1) is 20.9 Å². The maximum absolute atomic E-state index is 13.1. The van der Waals surface area contributed by atoms with Gasteiger partial charge in [-0.25, -0.2) is 13.4 Å². The van der Waals surface area contributed by atoms with Gasteiger partial charge in [-0.1, -0.05) is 35.6 Å². The standard InChI is InChI=1S/C23H29N3O3S2.ClH/c1-17-15-18(2)22-20(16-17)24-23(30-22)26(13-12-25(3)4)21(27)11-8-14-31(28,29)19-9-6-5-7-10-19;/h5-7,9-10,15-16H,8,11-14H2,1-4H3;1H. The molecule has 0 unspecified atom stereocenters. The van der Waals surface area contributed by atoms with E-state index in [1.165, 1.54) is 11.3 Å². The fourth-order valence-corrected chi connectivity index (χ4v) is 5.79. The zero-order chi connectivity index (χ0) is 22.6. The Morgan fingerprint density at radius 2 is 1.75 bits per heavy atom. The molecule has 32 heavy (non-hydrogen) atoms. The molecule has 0 spiro atoms. The molecule has 1 heterocycles. The zero-order valence-corrected chi connectivity index (χ0v) is 21.3. The third kappa shape index (κ3) is 6.51. The minimum absolute atomic E-state index is 0. The minimum Gasteiger partial charge on any atom is -0.308 e. The van der Waals surface area contributed by atoms with E-state index in [4.69, 9.17) is 4.98 Å². The summed E-state index contributed by atoms with van der Waals surface area (Å²) in [5, 5.41) is 0.668. The van der Waals surface area contributed by atoms with E-state index in [2.05, 4.69) is 13.0 Å². The van der Waals surface area contributed by atoms with E-state index in [-0.39, 0.29) is 36.9 Å². The van der Waals surface area contributed by atoms with E-state index in [1.54, 1.807) is 35.2 Å². The number of hydrogen-bond donors (Lipinski definition) is 0. The number of halogens is 1. The smallest absolute Gasteiger partial charge is 0.228 e. The number of hydrogen-bond acceptors (Lipinski definition) is 6. The Morgan fingerprint density at radius 3 is 2.41 bits per heavy atom. The molecule has 0 saturated carbocycles. The fourth-order valence-electron chi connectivity index (χ4n) is 3.40. The third-order valence-electron chi connectivity index (χ3n) is 5.02. The average molecular weight is 496 g/mol. The summed E-state index contributed by atoms with van der Waals surface area (Å²) in [6.07, 6.45) is 0.435. The molecule has 0 fully saturated rings. The maximum Gasteiger partial charge on any atom is 0.228 e. The van der Waals surface area contributed by atoms with Crippen LogP contribution in [0.25, 0.3) is 10.2 Å². The van der Waals surface area contributed by atoms with Crippen LogP contribution in [-0.4, -0.2) is 57.1 Å². The molecular formula is C23H30ClN3O3S2. The molecule has 0 radical (unpaired) electrons. The predicted octanol–water partition coefficient (Wildman–Crippen LogP) is 4.48. The number of carbonyl (C=O) groups is 1. The van der Waals surface area contributed by atoms with Gasteiger partial charge in [0, 0.05) is 19.5 Å². The highest BCUT2D eigenvalue weighted by Crippen LogP contribution is 2.32. The average Bonchev–Trinajstić information content (AvgIpc) is 3.12. The molecule has 0 aliphatic heterocycles. The van der Waals surface area contributed by atoms with Crippen LogP contribution in [0.1, 0.15) is 24.0 Å². The van der Waals surface area contributed by atoms with Crippen LogP contribution in [0.2, 0.25) is 0 Å². The van der Waals surface area contributed by atoms with Crippen LogP contribution in [0.3, 0.4) is 0 Å². The Balaban J connectivity index is 0.00000363. The van der Waals surface area contributed by atoms with Gasteiger partial charge in [0.1, 0.15) is 0 Å². The van der Waals surface area contributed by atoms with Gasteiger partial charge in [0.25, 0.3) is 0 Å². The van der Waals surface area contributed by atoms with Crippen molar-refractivity contribution in [3.63, 3.8) is 0 Å². The monoisotopic (exact) mass is 495 g/mol. The lowest BCUT2D eigenvalue weighted by atomic mass is 10.1. The van der Waals surface area contributed by atoms with Crippen molar-refractivity contribution >= 4 is 54.8 Å². The number of carbonyl (C=O) groups excluding carboxylic acids is 1. The first kappa shape index (κ1) is 26.3. The van der Waals surface area contributed by atoms with Gasteiger partial charge in [-0.3, -0.25) is 9.69 Å². The molecule has 1 amide bonds. The number of anilines is 1. The molecule has 0 bridgehead atoms. The van der Waals surface area contributed by atoms with E-state index in [1.807, 2.05) is 32.0 Å². The van der Waals surface area contributed by atoms with Gasteiger partial charge in [-0.15, -0.1) is 12.4 Å². The largest absolute Gasteiger partial charge is 0.308 e. The lowest BCUT2D eigenvalue weighted by Crippen LogP contribution is -2.36. The summed E-state index contributed by atoms with van der Waals surface area (Å²) in [5.41, 5.74) is 3.18. The lowest BCUT2D eigenvalue weighted by Gasteiger charge is -2.22. The van der Waals surface area contributed by atoms with E-state index in [9.17, 15) is 13.2 Å². The highest BCUT2D eigenvalue weighted by Gasteiger charge is 2.22. The fraction of sp³-hybridized carbons (Fsp3) is 0.391. The Bertz CT molecular complexity index is 1160. The van der Waals surface area contributed by atoms with Gasteiger partial charge >= 0.3 is 0 Å². The van der Waals surface area contributed by atoms with Crippen molar-refractivity contribution in [3.05, 3.63) is 53.6 Å². The SMILES string of the molecule is Cc1cc(C)c2sc(N(CCN(C)C)C(=O)CCCS(=O)(=O)c3ccccc3)nc2c1.Cl. The highest BCUT2D eigenvalue weighted by molar-refractivity contribution is 7.91. The number of sulfone groups is 1. The van der Waals surface area contributed by atoms with Gasteiger partial charge < -0.3 is 4.90 Å². The Morgan fingerprint density at radius 1 is 1.06 bits per heavy atom. The summed E-state index contributed by atoms with van der Waals surface area (Å²) in [6, 6.07) is 12.5. The summed E-state index contributed by atoms with van der Waals surface area (Å²) in [4.78, 5) is 21.8. The summed E-state index contributed by atoms with van der Waals surface area (Å²) in [7, 11) is 0.524. The van der Waals surface area contributed by atoms with Gasteiger partial charge in [-0.05, 0) is 63.7 Å². The van der Waals surface area contributed by atoms with Crippen molar-refractivity contribution in [2.75, 3.05) is 37.8 Å². The van der Waals surface area contributed by atoms with Crippen LogP contribution < -0.4 is 4.90 Å². The van der Waals surface area contributed by atoms with Crippen LogP contribution in [0.4, 0.5) is 5.13 Å². The second-order valence-electron chi connectivity index (χ2n) is 8.01. The number of nitrogens with zero attached hydrogens (tertiary/aromatic N) is 3. The van der Waals surface area contributed by atoms with Crippen molar-refractivity contribution in [2.24, 2.45) is 0 Å². The Labute approximate surface area is 200 Å². The number of aromatic nitrogens is 1. The van der Waals surface area contributed by atoms with Crippen molar-refractivity contribution < 1.29 is 13.2 Å². The second kappa shape index (κ2) is 11.2.